The van der Waals surface area contributed by atoms with Gasteiger partial charge in [-0.15, -0.1) is 0 Å². The minimum atomic E-state index is 0.375. The van der Waals surface area contributed by atoms with Gasteiger partial charge >= 0.3 is 0 Å². The SMILES string of the molecule is CNCc1cccc(Cl)c1Oc1cccc(Cl)c1Cl. The molecule has 0 saturated carbocycles. The number of nitrogens with one attached hydrogen (secondary N) is 1. The van der Waals surface area contributed by atoms with E-state index < -0.39 is 0 Å². The Hall–Kier alpha value is -0.930. The van der Waals surface area contributed by atoms with Crippen molar-refractivity contribution < 1.29 is 4.74 Å². The molecule has 0 aliphatic carbocycles. The smallest absolute Gasteiger partial charge is 0.150 e. The molecular weight excluding hydrogens is 305 g/mol. The summed E-state index contributed by atoms with van der Waals surface area (Å²) in [5.74, 6) is 1.07. The molecule has 100 valence electrons. The maximum Gasteiger partial charge on any atom is 0.150 e. The molecule has 1 N–H and O–H groups in total. The number of para-hydroxylation sites is 1. The van der Waals surface area contributed by atoms with Gasteiger partial charge in [-0.2, -0.15) is 0 Å². The van der Waals surface area contributed by atoms with Gasteiger partial charge in [-0.05, 0) is 25.2 Å². The van der Waals surface area contributed by atoms with Crippen LogP contribution in [0.3, 0.4) is 0 Å². The molecule has 0 aliphatic rings. The molecule has 0 aliphatic heterocycles. The lowest BCUT2D eigenvalue weighted by Crippen LogP contribution is -2.06. The topological polar surface area (TPSA) is 21.3 Å². The summed E-state index contributed by atoms with van der Waals surface area (Å²) >= 11 is 18.3. The van der Waals surface area contributed by atoms with Crippen LogP contribution >= 0.6 is 34.8 Å². The lowest BCUT2D eigenvalue weighted by molar-refractivity contribution is 0.475. The van der Waals surface area contributed by atoms with Crippen LogP contribution in [0.2, 0.25) is 15.1 Å². The Morgan fingerprint density at radius 3 is 2.42 bits per heavy atom. The molecule has 0 heterocycles. The highest BCUT2D eigenvalue weighted by Gasteiger charge is 2.12. The van der Waals surface area contributed by atoms with Crippen molar-refractivity contribution in [3.63, 3.8) is 0 Å². The average Bonchev–Trinajstić information content (AvgIpc) is 2.39. The minimum absolute atomic E-state index is 0.375. The molecule has 2 rings (SSSR count). The quantitative estimate of drug-likeness (QED) is 0.841. The summed E-state index contributed by atoms with van der Waals surface area (Å²) in [6.07, 6.45) is 0. The lowest BCUT2D eigenvalue weighted by atomic mass is 10.2. The first-order valence-electron chi connectivity index (χ1n) is 5.67. The van der Waals surface area contributed by atoms with E-state index in [0.29, 0.717) is 33.1 Å². The molecule has 0 bridgehead atoms. The van der Waals surface area contributed by atoms with Gasteiger partial charge in [-0.3, -0.25) is 0 Å². The van der Waals surface area contributed by atoms with Crippen molar-refractivity contribution in [2.75, 3.05) is 7.05 Å². The van der Waals surface area contributed by atoms with Crippen LogP contribution < -0.4 is 10.1 Å². The molecule has 2 aromatic rings. The zero-order valence-corrected chi connectivity index (χ0v) is 12.5. The molecule has 2 nitrogen and oxygen atoms in total. The standard InChI is InChI=1S/C14H12Cl3NO/c1-18-8-9-4-2-6-11(16)14(9)19-12-7-3-5-10(15)13(12)17/h2-7,18H,8H2,1H3. The number of benzene rings is 2. The Bertz CT molecular complexity index is 587. The third kappa shape index (κ3) is 3.34. The Morgan fingerprint density at radius 1 is 1.00 bits per heavy atom. The highest BCUT2D eigenvalue weighted by atomic mass is 35.5. The maximum atomic E-state index is 6.18. The fourth-order valence-corrected chi connectivity index (χ4v) is 2.23. The third-order valence-electron chi connectivity index (χ3n) is 2.54. The average molecular weight is 317 g/mol. The summed E-state index contributed by atoms with van der Waals surface area (Å²) < 4.78 is 5.82. The van der Waals surface area contributed by atoms with Crippen LogP contribution in [0, 0.1) is 0 Å². The second kappa shape index (κ2) is 6.49. The van der Waals surface area contributed by atoms with Crippen molar-refractivity contribution in [3.05, 3.63) is 57.0 Å². The summed E-state index contributed by atoms with van der Waals surface area (Å²) in [6.45, 7) is 0.647. The molecule has 5 heteroatoms. The van der Waals surface area contributed by atoms with E-state index in [9.17, 15) is 0 Å². The monoisotopic (exact) mass is 315 g/mol. The van der Waals surface area contributed by atoms with Gasteiger partial charge in [0, 0.05) is 12.1 Å². The zero-order chi connectivity index (χ0) is 13.8. The van der Waals surface area contributed by atoms with Crippen LogP contribution in [-0.4, -0.2) is 7.05 Å². The van der Waals surface area contributed by atoms with E-state index in [1.165, 1.54) is 0 Å². The zero-order valence-electron chi connectivity index (χ0n) is 10.2. The molecule has 0 saturated heterocycles. The first kappa shape index (κ1) is 14.5. The van der Waals surface area contributed by atoms with Crippen LogP contribution in [0.4, 0.5) is 0 Å². The largest absolute Gasteiger partial charge is 0.454 e. The van der Waals surface area contributed by atoms with E-state index in [1.807, 2.05) is 19.2 Å². The van der Waals surface area contributed by atoms with Crippen LogP contribution in [0.25, 0.3) is 0 Å². The van der Waals surface area contributed by atoms with Crippen molar-refractivity contribution in [2.45, 2.75) is 6.54 Å². The van der Waals surface area contributed by atoms with E-state index in [-0.39, 0.29) is 0 Å². The second-order valence-electron chi connectivity index (χ2n) is 3.91. The highest BCUT2D eigenvalue weighted by molar-refractivity contribution is 6.43. The summed E-state index contributed by atoms with van der Waals surface area (Å²) in [6, 6.07) is 10.8. The molecule has 2 aromatic carbocycles. The van der Waals surface area contributed by atoms with Gasteiger partial charge in [-0.1, -0.05) is 53.0 Å². The van der Waals surface area contributed by atoms with Gasteiger partial charge in [-0.25, -0.2) is 0 Å². The molecular formula is C14H12Cl3NO. The Kier molecular flexibility index (Phi) is 4.94. The molecule has 0 amide bonds. The first-order valence-corrected chi connectivity index (χ1v) is 6.80. The summed E-state index contributed by atoms with van der Waals surface area (Å²) in [5.41, 5.74) is 0.950. The summed E-state index contributed by atoms with van der Waals surface area (Å²) in [5, 5.41) is 4.42. The molecule has 0 unspecified atom stereocenters. The molecule has 0 atom stereocenters. The summed E-state index contributed by atoms with van der Waals surface area (Å²) in [7, 11) is 1.86. The normalized spacial score (nSPS) is 10.5. The summed E-state index contributed by atoms with van der Waals surface area (Å²) in [4.78, 5) is 0. The molecule has 0 spiro atoms. The Balaban J connectivity index is 2.40. The molecule has 0 fully saturated rings. The fourth-order valence-electron chi connectivity index (χ4n) is 1.67. The van der Waals surface area contributed by atoms with Gasteiger partial charge in [0.05, 0.1) is 10.0 Å². The van der Waals surface area contributed by atoms with Gasteiger partial charge in [0.15, 0.2) is 5.75 Å². The Labute approximate surface area is 127 Å². The first-order chi connectivity index (χ1) is 9.13. The fraction of sp³-hybridized carbons (Fsp3) is 0.143. The lowest BCUT2D eigenvalue weighted by Gasteiger charge is -2.14. The van der Waals surface area contributed by atoms with E-state index in [1.54, 1.807) is 24.3 Å². The Morgan fingerprint density at radius 2 is 1.68 bits per heavy atom. The van der Waals surface area contributed by atoms with Crippen molar-refractivity contribution in [3.8, 4) is 11.5 Å². The van der Waals surface area contributed by atoms with Gasteiger partial charge in [0.1, 0.15) is 10.8 Å². The molecule has 0 radical (unpaired) electrons. The second-order valence-corrected chi connectivity index (χ2v) is 5.10. The van der Waals surface area contributed by atoms with Crippen molar-refractivity contribution in [1.82, 2.24) is 5.32 Å². The van der Waals surface area contributed by atoms with E-state index >= 15 is 0 Å². The number of hydrogen-bond acceptors (Lipinski definition) is 2. The van der Waals surface area contributed by atoms with E-state index in [2.05, 4.69) is 5.32 Å². The predicted molar refractivity (Wildman–Crippen MR) is 80.8 cm³/mol. The van der Waals surface area contributed by atoms with Crippen molar-refractivity contribution >= 4 is 34.8 Å². The van der Waals surface area contributed by atoms with Gasteiger partial charge in [0.2, 0.25) is 0 Å². The predicted octanol–water partition coefficient (Wildman–Crippen LogP) is 5.16. The number of ether oxygens (including phenoxy) is 1. The van der Waals surface area contributed by atoms with Crippen molar-refractivity contribution in [2.24, 2.45) is 0 Å². The molecule has 0 aromatic heterocycles. The van der Waals surface area contributed by atoms with Gasteiger partial charge in [0.25, 0.3) is 0 Å². The van der Waals surface area contributed by atoms with E-state index in [0.717, 1.165) is 5.56 Å². The highest BCUT2D eigenvalue weighted by Crippen LogP contribution is 2.38. The maximum absolute atomic E-state index is 6.18. The number of hydrogen-bond donors (Lipinski definition) is 1. The van der Waals surface area contributed by atoms with Crippen LogP contribution in [0.5, 0.6) is 11.5 Å². The number of rotatable bonds is 4. The molecule has 19 heavy (non-hydrogen) atoms. The van der Waals surface area contributed by atoms with E-state index in [4.69, 9.17) is 39.5 Å². The minimum Gasteiger partial charge on any atom is -0.454 e. The van der Waals surface area contributed by atoms with Crippen LogP contribution in [0.15, 0.2) is 36.4 Å². The van der Waals surface area contributed by atoms with Gasteiger partial charge < -0.3 is 10.1 Å². The van der Waals surface area contributed by atoms with Crippen LogP contribution in [0.1, 0.15) is 5.56 Å². The number of halogens is 3. The van der Waals surface area contributed by atoms with Crippen molar-refractivity contribution in [1.29, 1.82) is 0 Å². The van der Waals surface area contributed by atoms with Crippen LogP contribution in [-0.2, 0) is 6.54 Å². The third-order valence-corrected chi connectivity index (χ3v) is 3.64.